The molecule has 0 spiro atoms. The highest BCUT2D eigenvalue weighted by molar-refractivity contribution is 5.76. The first-order chi connectivity index (χ1) is 7.18. The van der Waals surface area contributed by atoms with Gasteiger partial charge in [0.25, 0.3) is 0 Å². The maximum Gasteiger partial charge on any atom is 0.236 e. The molecular formula is C12H22N2O. The fourth-order valence-electron chi connectivity index (χ4n) is 3.21. The molecule has 1 N–H and O–H groups in total. The van der Waals surface area contributed by atoms with Gasteiger partial charge in [-0.1, -0.05) is 26.2 Å². The Morgan fingerprint density at radius 1 is 1.60 bits per heavy atom. The van der Waals surface area contributed by atoms with E-state index in [0.717, 1.165) is 6.42 Å². The van der Waals surface area contributed by atoms with E-state index in [4.69, 9.17) is 0 Å². The Labute approximate surface area is 92.2 Å². The third kappa shape index (κ3) is 1.89. The molecule has 1 amide bonds. The molecule has 2 aliphatic rings. The standard InChI is InChI=1S/C12H22N2O/c1-3-4-7-12-8-5-6-10(12)9-11(15)14(2)13-12/h10,13H,3-9H2,1-2H3/t10-,12-/m0/s1. The van der Waals surface area contributed by atoms with Crippen LogP contribution in [0.1, 0.15) is 51.9 Å². The molecule has 0 radical (unpaired) electrons. The molecule has 3 nitrogen and oxygen atoms in total. The van der Waals surface area contributed by atoms with Crippen molar-refractivity contribution in [3.63, 3.8) is 0 Å². The van der Waals surface area contributed by atoms with Crippen LogP contribution in [0.2, 0.25) is 0 Å². The topological polar surface area (TPSA) is 32.3 Å². The minimum atomic E-state index is 0.249. The number of fused-ring (bicyclic) bond motifs is 1. The first kappa shape index (κ1) is 10.9. The summed E-state index contributed by atoms with van der Waals surface area (Å²) < 4.78 is 0. The smallest absolute Gasteiger partial charge is 0.236 e. The summed E-state index contributed by atoms with van der Waals surface area (Å²) in [4.78, 5) is 11.6. The summed E-state index contributed by atoms with van der Waals surface area (Å²) in [5.41, 5.74) is 3.71. The molecular weight excluding hydrogens is 188 g/mol. The molecule has 0 unspecified atom stereocenters. The highest BCUT2D eigenvalue weighted by atomic mass is 16.2. The van der Waals surface area contributed by atoms with Crippen LogP contribution < -0.4 is 5.43 Å². The summed E-state index contributed by atoms with van der Waals surface area (Å²) in [7, 11) is 1.87. The van der Waals surface area contributed by atoms with Crippen LogP contribution in [0.4, 0.5) is 0 Å². The summed E-state index contributed by atoms with van der Waals surface area (Å²) in [5, 5.41) is 1.72. The van der Waals surface area contributed by atoms with E-state index in [2.05, 4.69) is 12.3 Å². The third-order valence-corrected chi connectivity index (χ3v) is 4.12. The average Bonchev–Trinajstić information content (AvgIpc) is 2.59. The van der Waals surface area contributed by atoms with Crippen LogP contribution in [0.3, 0.4) is 0 Å². The lowest BCUT2D eigenvalue weighted by Gasteiger charge is -2.44. The second-order valence-electron chi connectivity index (χ2n) is 5.12. The van der Waals surface area contributed by atoms with E-state index in [1.807, 2.05) is 7.05 Å². The van der Waals surface area contributed by atoms with E-state index in [9.17, 15) is 4.79 Å². The van der Waals surface area contributed by atoms with Gasteiger partial charge in [-0.3, -0.25) is 9.80 Å². The lowest BCUT2D eigenvalue weighted by atomic mass is 9.79. The molecule has 86 valence electrons. The fraction of sp³-hybridized carbons (Fsp3) is 0.917. The average molecular weight is 210 g/mol. The van der Waals surface area contributed by atoms with Crippen LogP contribution in [0.25, 0.3) is 0 Å². The third-order valence-electron chi connectivity index (χ3n) is 4.12. The predicted molar refractivity (Wildman–Crippen MR) is 60.1 cm³/mol. The molecule has 0 aromatic heterocycles. The van der Waals surface area contributed by atoms with Gasteiger partial charge in [-0.05, 0) is 25.2 Å². The number of unbranched alkanes of at least 4 members (excludes halogenated alkanes) is 1. The lowest BCUT2D eigenvalue weighted by Crippen LogP contribution is -2.61. The van der Waals surface area contributed by atoms with Crippen molar-refractivity contribution in [2.24, 2.45) is 5.92 Å². The molecule has 15 heavy (non-hydrogen) atoms. The van der Waals surface area contributed by atoms with Gasteiger partial charge in [-0.2, -0.15) is 0 Å². The molecule has 2 rings (SSSR count). The molecule has 1 aliphatic heterocycles. The number of hydrazine groups is 1. The van der Waals surface area contributed by atoms with Crippen LogP contribution >= 0.6 is 0 Å². The van der Waals surface area contributed by atoms with E-state index in [0.29, 0.717) is 5.92 Å². The maximum absolute atomic E-state index is 11.6. The largest absolute Gasteiger partial charge is 0.281 e. The zero-order chi connectivity index (χ0) is 10.9. The quantitative estimate of drug-likeness (QED) is 0.773. The summed E-state index contributed by atoms with van der Waals surface area (Å²) in [6.45, 7) is 2.23. The monoisotopic (exact) mass is 210 g/mol. The van der Waals surface area contributed by atoms with Gasteiger partial charge in [0.1, 0.15) is 0 Å². The van der Waals surface area contributed by atoms with Gasteiger partial charge < -0.3 is 0 Å². The van der Waals surface area contributed by atoms with Crippen molar-refractivity contribution in [3.05, 3.63) is 0 Å². The lowest BCUT2D eigenvalue weighted by molar-refractivity contribution is -0.142. The first-order valence-electron chi connectivity index (χ1n) is 6.22. The van der Waals surface area contributed by atoms with Crippen molar-refractivity contribution in [1.29, 1.82) is 0 Å². The Morgan fingerprint density at radius 3 is 3.13 bits per heavy atom. The minimum Gasteiger partial charge on any atom is -0.281 e. The number of hydrogen-bond donors (Lipinski definition) is 1. The number of rotatable bonds is 3. The molecule has 0 bridgehead atoms. The van der Waals surface area contributed by atoms with E-state index in [1.54, 1.807) is 5.01 Å². The second kappa shape index (κ2) is 4.12. The number of nitrogens with zero attached hydrogens (tertiary/aromatic N) is 1. The van der Waals surface area contributed by atoms with E-state index < -0.39 is 0 Å². The number of hydrogen-bond acceptors (Lipinski definition) is 2. The highest BCUT2D eigenvalue weighted by Gasteiger charge is 2.47. The zero-order valence-corrected chi connectivity index (χ0v) is 9.88. The Kier molecular flexibility index (Phi) is 3.01. The van der Waals surface area contributed by atoms with Crippen molar-refractivity contribution >= 4 is 5.91 Å². The van der Waals surface area contributed by atoms with Gasteiger partial charge in [0.15, 0.2) is 0 Å². The van der Waals surface area contributed by atoms with Crippen molar-refractivity contribution in [1.82, 2.24) is 10.4 Å². The van der Waals surface area contributed by atoms with E-state index >= 15 is 0 Å². The molecule has 1 aliphatic carbocycles. The SMILES string of the molecule is CCCC[C@]12CCC[C@H]1CC(=O)N(C)N2. The summed E-state index contributed by atoms with van der Waals surface area (Å²) in [5.74, 6) is 0.849. The molecule has 3 heteroatoms. The normalized spacial score (nSPS) is 35.7. The first-order valence-corrected chi connectivity index (χ1v) is 6.22. The van der Waals surface area contributed by atoms with Gasteiger partial charge in [0.2, 0.25) is 5.91 Å². The van der Waals surface area contributed by atoms with E-state index in [1.165, 1.54) is 38.5 Å². The maximum atomic E-state index is 11.6. The van der Waals surface area contributed by atoms with Crippen LogP contribution in [0, 0.1) is 5.92 Å². The molecule has 1 saturated carbocycles. The Bertz CT molecular complexity index is 254. The molecule has 0 aromatic carbocycles. The van der Waals surface area contributed by atoms with Gasteiger partial charge in [-0.15, -0.1) is 0 Å². The summed E-state index contributed by atoms with van der Waals surface area (Å²) in [6, 6.07) is 0. The number of amides is 1. The fourth-order valence-corrected chi connectivity index (χ4v) is 3.21. The molecule has 1 saturated heterocycles. The van der Waals surface area contributed by atoms with Crippen LogP contribution in [0.15, 0.2) is 0 Å². The van der Waals surface area contributed by atoms with Crippen molar-refractivity contribution < 1.29 is 4.79 Å². The van der Waals surface area contributed by atoms with Gasteiger partial charge in [0.05, 0.1) is 0 Å². The summed E-state index contributed by atoms with van der Waals surface area (Å²) in [6.07, 6.45) is 8.26. The molecule has 1 heterocycles. The van der Waals surface area contributed by atoms with Gasteiger partial charge in [0, 0.05) is 19.0 Å². The molecule has 2 atom stereocenters. The van der Waals surface area contributed by atoms with Crippen LogP contribution in [-0.2, 0) is 4.79 Å². The zero-order valence-electron chi connectivity index (χ0n) is 9.88. The van der Waals surface area contributed by atoms with Gasteiger partial charge >= 0.3 is 0 Å². The van der Waals surface area contributed by atoms with Crippen molar-refractivity contribution in [2.75, 3.05) is 7.05 Å². The number of nitrogens with one attached hydrogen (secondary N) is 1. The van der Waals surface area contributed by atoms with Crippen molar-refractivity contribution in [3.8, 4) is 0 Å². The Balaban J connectivity index is 2.09. The van der Waals surface area contributed by atoms with Crippen LogP contribution in [0.5, 0.6) is 0 Å². The van der Waals surface area contributed by atoms with Gasteiger partial charge in [-0.25, -0.2) is 5.43 Å². The van der Waals surface area contributed by atoms with Crippen LogP contribution in [-0.4, -0.2) is 23.5 Å². The predicted octanol–water partition coefficient (Wildman–Crippen LogP) is 2.08. The number of carbonyl (C=O) groups excluding carboxylic acids is 1. The molecule has 2 fully saturated rings. The van der Waals surface area contributed by atoms with E-state index in [-0.39, 0.29) is 11.4 Å². The Morgan fingerprint density at radius 2 is 2.40 bits per heavy atom. The molecule has 0 aromatic rings. The Hall–Kier alpha value is -0.570. The number of carbonyl (C=O) groups is 1. The van der Waals surface area contributed by atoms with Crippen molar-refractivity contribution in [2.45, 2.75) is 57.4 Å². The highest BCUT2D eigenvalue weighted by Crippen LogP contribution is 2.43. The second-order valence-corrected chi connectivity index (χ2v) is 5.12. The minimum absolute atomic E-state index is 0.249. The summed E-state index contributed by atoms with van der Waals surface area (Å²) >= 11 is 0.